The number of fused-ring (bicyclic) bond motifs is 1. The Hall–Kier alpha value is -1.62. The minimum Gasteiger partial charge on any atom is -0.476 e. The topological polar surface area (TPSA) is 52.0 Å². The molecule has 0 aliphatic carbocycles. The van der Waals surface area contributed by atoms with Crippen LogP contribution in [0.3, 0.4) is 0 Å². The average molecular weight is 260 g/mol. The van der Waals surface area contributed by atoms with Crippen molar-refractivity contribution in [3.05, 3.63) is 18.6 Å². The monoisotopic (exact) mass is 260 g/mol. The molecule has 2 aromatic rings. The van der Waals surface area contributed by atoms with E-state index in [9.17, 15) is 0 Å². The van der Waals surface area contributed by atoms with Crippen molar-refractivity contribution in [1.29, 1.82) is 0 Å². The Morgan fingerprint density at radius 1 is 1.47 bits per heavy atom. The molecule has 0 spiro atoms. The van der Waals surface area contributed by atoms with Crippen molar-refractivity contribution >= 4 is 11.0 Å². The standard InChI is InChI=1S/C14H20N4O/c1-18-10-17-13-12(18)4-7-16-14(13)19-8-5-11-3-2-6-15-9-11/h4,7,10-11,15H,2-3,5-6,8-9H2,1H3. The van der Waals surface area contributed by atoms with Crippen molar-refractivity contribution in [2.45, 2.75) is 19.3 Å². The van der Waals surface area contributed by atoms with Crippen LogP contribution in [0.15, 0.2) is 18.6 Å². The summed E-state index contributed by atoms with van der Waals surface area (Å²) in [6, 6.07) is 1.96. The lowest BCUT2D eigenvalue weighted by Crippen LogP contribution is -2.30. The quantitative estimate of drug-likeness (QED) is 0.909. The van der Waals surface area contributed by atoms with Crippen LogP contribution in [0.2, 0.25) is 0 Å². The van der Waals surface area contributed by atoms with Crippen LogP contribution in [0.4, 0.5) is 0 Å². The van der Waals surface area contributed by atoms with Crippen LogP contribution >= 0.6 is 0 Å². The number of hydrogen-bond donors (Lipinski definition) is 1. The zero-order valence-corrected chi connectivity index (χ0v) is 11.3. The Bertz CT molecular complexity index is 545. The maximum atomic E-state index is 5.82. The summed E-state index contributed by atoms with van der Waals surface area (Å²) in [4.78, 5) is 8.64. The van der Waals surface area contributed by atoms with Crippen LogP contribution in [0.5, 0.6) is 5.88 Å². The normalized spacial score (nSPS) is 19.7. The Morgan fingerprint density at radius 2 is 2.42 bits per heavy atom. The number of rotatable bonds is 4. The van der Waals surface area contributed by atoms with E-state index in [2.05, 4.69) is 15.3 Å². The first kappa shape index (κ1) is 12.4. The summed E-state index contributed by atoms with van der Waals surface area (Å²) in [5.74, 6) is 1.39. The number of imidazole rings is 1. The number of aromatic nitrogens is 3. The molecule has 0 bridgehead atoms. The third-order valence-electron chi connectivity index (χ3n) is 3.77. The van der Waals surface area contributed by atoms with Gasteiger partial charge in [0.25, 0.3) is 0 Å². The summed E-state index contributed by atoms with van der Waals surface area (Å²) < 4.78 is 7.80. The second-order valence-electron chi connectivity index (χ2n) is 5.19. The van der Waals surface area contributed by atoms with Gasteiger partial charge in [0.1, 0.15) is 0 Å². The number of nitrogens with one attached hydrogen (secondary N) is 1. The van der Waals surface area contributed by atoms with Crippen LogP contribution in [-0.2, 0) is 7.05 Å². The lowest BCUT2D eigenvalue weighted by Gasteiger charge is -2.22. The van der Waals surface area contributed by atoms with E-state index in [0.717, 1.165) is 43.1 Å². The highest BCUT2D eigenvalue weighted by Crippen LogP contribution is 2.21. The molecule has 5 nitrogen and oxygen atoms in total. The molecule has 2 aromatic heterocycles. The molecule has 0 saturated carbocycles. The van der Waals surface area contributed by atoms with Crippen molar-refractivity contribution in [2.75, 3.05) is 19.7 Å². The van der Waals surface area contributed by atoms with Gasteiger partial charge in [-0.15, -0.1) is 0 Å². The summed E-state index contributed by atoms with van der Waals surface area (Å²) in [6.45, 7) is 2.99. The zero-order valence-electron chi connectivity index (χ0n) is 11.3. The second-order valence-corrected chi connectivity index (χ2v) is 5.19. The highest BCUT2D eigenvalue weighted by Gasteiger charge is 2.14. The van der Waals surface area contributed by atoms with Crippen molar-refractivity contribution in [1.82, 2.24) is 19.9 Å². The van der Waals surface area contributed by atoms with Gasteiger partial charge in [-0.05, 0) is 44.3 Å². The molecular formula is C14H20N4O. The third kappa shape index (κ3) is 2.71. The summed E-state index contributed by atoms with van der Waals surface area (Å²) in [6.07, 6.45) is 7.24. The minimum absolute atomic E-state index is 0.655. The fourth-order valence-corrected chi connectivity index (χ4v) is 2.64. The van der Waals surface area contributed by atoms with E-state index in [-0.39, 0.29) is 0 Å². The summed E-state index contributed by atoms with van der Waals surface area (Å²) in [5.41, 5.74) is 1.91. The number of ether oxygens (including phenoxy) is 1. The Kier molecular flexibility index (Phi) is 3.64. The van der Waals surface area contributed by atoms with Gasteiger partial charge in [0.2, 0.25) is 5.88 Å². The minimum atomic E-state index is 0.655. The molecule has 5 heteroatoms. The maximum Gasteiger partial charge on any atom is 0.242 e. The van der Waals surface area contributed by atoms with Crippen molar-refractivity contribution < 1.29 is 4.74 Å². The second kappa shape index (κ2) is 5.57. The Balaban J connectivity index is 1.62. The molecule has 0 radical (unpaired) electrons. The smallest absolute Gasteiger partial charge is 0.242 e. The fourth-order valence-electron chi connectivity index (χ4n) is 2.64. The molecule has 0 amide bonds. The molecule has 3 rings (SSSR count). The highest BCUT2D eigenvalue weighted by atomic mass is 16.5. The lowest BCUT2D eigenvalue weighted by molar-refractivity contribution is 0.249. The third-order valence-corrected chi connectivity index (χ3v) is 3.77. The summed E-state index contributed by atoms with van der Waals surface area (Å²) >= 11 is 0. The SMILES string of the molecule is Cn1cnc2c(OCCC3CCCNC3)nccc21. The van der Waals surface area contributed by atoms with E-state index < -0.39 is 0 Å². The number of hydrogen-bond acceptors (Lipinski definition) is 4. The molecule has 1 saturated heterocycles. The van der Waals surface area contributed by atoms with Crippen LogP contribution in [-0.4, -0.2) is 34.2 Å². The summed E-state index contributed by atoms with van der Waals surface area (Å²) in [7, 11) is 1.98. The summed E-state index contributed by atoms with van der Waals surface area (Å²) in [5, 5.41) is 3.43. The van der Waals surface area contributed by atoms with Crippen LogP contribution in [0, 0.1) is 5.92 Å². The maximum absolute atomic E-state index is 5.82. The highest BCUT2D eigenvalue weighted by molar-refractivity contribution is 5.79. The van der Waals surface area contributed by atoms with Gasteiger partial charge < -0.3 is 14.6 Å². The molecule has 1 atom stereocenters. The predicted octanol–water partition coefficient (Wildman–Crippen LogP) is 1.74. The zero-order chi connectivity index (χ0) is 13.1. The Labute approximate surface area is 113 Å². The van der Waals surface area contributed by atoms with E-state index in [1.165, 1.54) is 12.8 Å². The first-order valence-electron chi connectivity index (χ1n) is 6.94. The van der Waals surface area contributed by atoms with E-state index in [1.807, 2.05) is 17.7 Å². The molecule has 1 fully saturated rings. The molecule has 3 heterocycles. The number of pyridine rings is 1. The first-order valence-corrected chi connectivity index (χ1v) is 6.94. The van der Waals surface area contributed by atoms with Crippen molar-refractivity contribution in [2.24, 2.45) is 13.0 Å². The molecular weight excluding hydrogens is 240 g/mol. The van der Waals surface area contributed by atoms with Gasteiger partial charge in [-0.25, -0.2) is 9.97 Å². The van der Waals surface area contributed by atoms with E-state index >= 15 is 0 Å². The van der Waals surface area contributed by atoms with Crippen LogP contribution < -0.4 is 10.1 Å². The molecule has 0 aromatic carbocycles. The van der Waals surface area contributed by atoms with Crippen LogP contribution in [0.25, 0.3) is 11.0 Å². The van der Waals surface area contributed by atoms with Gasteiger partial charge >= 0.3 is 0 Å². The lowest BCUT2D eigenvalue weighted by atomic mass is 9.97. The van der Waals surface area contributed by atoms with Gasteiger partial charge in [0, 0.05) is 13.2 Å². The number of nitrogens with zero attached hydrogens (tertiary/aromatic N) is 3. The molecule has 1 aliphatic heterocycles. The average Bonchev–Trinajstić information content (AvgIpc) is 2.83. The largest absolute Gasteiger partial charge is 0.476 e. The predicted molar refractivity (Wildman–Crippen MR) is 74.2 cm³/mol. The van der Waals surface area contributed by atoms with Gasteiger partial charge in [0.05, 0.1) is 18.5 Å². The van der Waals surface area contributed by atoms with E-state index in [4.69, 9.17) is 4.74 Å². The number of aryl methyl sites for hydroxylation is 1. The van der Waals surface area contributed by atoms with Gasteiger partial charge in [-0.1, -0.05) is 0 Å². The molecule has 1 N–H and O–H groups in total. The molecule has 19 heavy (non-hydrogen) atoms. The van der Waals surface area contributed by atoms with Gasteiger partial charge in [0.15, 0.2) is 5.52 Å². The van der Waals surface area contributed by atoms with E-state index in [0.29, 0.717) is 5.88 Å². The van der Waals surface area contributed by atoms with E-state index in [1.54, 1.807) is 12.5 Å². The van der Waals surface area contributed by atoms with Crippen LogP contribution in [0.1, 0.15) is 19.3 Å². The molecule has 1 aliphatic rings. The fraction of sp³-hybridized carbons (Fsp3) is 0.571. The molecule has 102 valence electrons. The first-order chi connectivity index (χ1) is 9.34. The molecule has 1 unspecified atom stereocenters. The van der Waals surface area contributed by atoms with Gasteiger partial charge in [-0.2, -0.15) is 0 Å². The number of piperidine rings is 1. The Morgan fingerprint density at radius 3 is 3.26 bits per heavy atom. The van der Waals surface area contributed by atoms with Crippen molar-refractivity contribution in [3.63, 3.8) is 0 Å². The van der Waals surface area contributed by atoms with Crippen molar-refractivity contribution in [3.8, 4) is 5.88 Å². The van der Waals surface area contributed by atoms with Gasteiger partial charge in [-0.3, -0.25) is 0 Å².